The predicted molar refractivity (Wildman–Crippen MR) is 54.9 cm³/mol. The van der Waals surface area contributed by atoms with Crippen molar-refractivity contribution in [2.75, 3.05) is 14.1 Å². The molecule has 0 heterocycles. The summed E-state index contributed by atoms with van der Waals surface area (Å²) in [5, 5.41) is 2.54. The molecule has 0 radical (unpaired) electrons. The van der Waals surface area contributed by atoms with Gasteiger partial charge in [0.15, 0.2) is 6.40 Å². The van der Waals surface area contributed by atoms with Crippen molar-refractivity contribution in [1.82, 2.24) is 5.32 Å². The van der Waals surface area contributed by atoms with E-state index in [9.17, 15) is 4.79 Å². The van der Waals surface area contributed by atoms with Crippen LogP contribution in [0.3, 0.4) is 0 Å². The van der Waals surface area contributed by atoms with Gasteiger partial charge in [-0.3, -0.25) is 9.79 Å². The summed E-state index contributed by atoms with van der Waals surface area (Å²) in [5.74, 6) is 0.545. The Morgan fingerprint density at radius 1 is 1.43 bits per heavy atom. The van der Waals surface area contributed by atoms with Crippen molar-refractivity contribution in [3.05, 3.63) is 29.8 Å². The SMILES string of the molecule is C/N=C/Oc1ccc(C(=O)NC)cc1. The summed E-state index contributed by atoms with van der Waals surface area (Å²) in [4.78, 5) is 14.8. The van der Waals surface area contributed by atoms with E-state index in [1.54, 1.807) is 38.4 Å². The van der Waals surface area contributed by atoms with Crippen LogP contribution >= 0.6 is 0 Å². The van der Waals surface area contributed by atoms with Crippen molar-refractivity contribution in [3.63, 3.8) is 0 Å². The van der Waals surface area contributed by atoms with Crippen LogP contribution < -0.4 is 10.1 Å². The third-order valence-electron chi connectivity index (χ3n) is 1.64. The molecule has 1 aromatic rings. The van der Waals surface area contributed by atoms with Crippen LogP contribution in [0.15, 0.2) is 29.3 Å². The van der Waals surface area contributed by atoms with Gasteiger partial charge in [-0.15, -0.1) is 0 Å². The van der Waals surface area contributed by atoms with Gasteiger partial charge in [0.1, 0.15) is 5.75 Å². The maximum atomic E-state index is 11.2. The molecule has 0 fully saturated rings. The van der Waals surface area contributed by atoms with Gasteiger partial charge in [-0.25, -0.2) is 0 Å². The zero-order valence-corrected chi connectivity index (χ0v) is 8.15. The molecule has 4 nitrogen and oxygen atoms in total. The molecule has 1 rings (SSSR count). The smallest absolute Gasteiger partial charge is 0.251 e. The zero-order valence-electron chi connectivity index (χ0n) is 8.15. The van der Waals surface area contributed by atoms with E-state index < -0.39 is 0 Å². The number of nitrogens with zero attached hydrogens (tertiary/aromatic N) is 1. The number of ether oxygens (including phenoxy) is 1. The molecule has 0 saturated heterocycles. The Balaban J connectivity index is 2.73. The van der Waals surface area contributed by atoms with E-state index in [-0.39, 0.29) is 5.91 Å². The second-order valence-corrected chi connectivity index (χ2v) is 2.58. The lowest BCUT2D eigenvalue weighted by Gasteiger charge is -2.01. The first-order chi connectivity index (χ1) is 6.77. The number of aliphatic imine (C=N–C) groups is 1. The number of hydrogen-bond acceptors (Lipinski definition) is 3. The van der Waals surface area contributed by atoms with Gasteiger partial charge in [0.2, 0.25) is 0 Å². The van der Waals surface area contributed by atoms with Crippen molar-refractivity contribution in [2.45, 2.75) is 0 Å². The Kier molecular flexibility index (Phi) is 3.67. The summed E-state index contributed by atoms with van der Waals surface area (Å²) in [7, 11) is 3.22. The molecule has 1 aromatic carbocycles. The Labute approximate surface area is 82.6 Å². The van der Waals surface area contributed by atoms with E-state index in [0.717, 1.165) is 0 Å². The van der Waals surface area contributed by atoms with Crippen LogP contribution in [0.5, 0.6) is 5.75 Å². The number of hydrogen-bond donors (Lipinski definition) is 1. The number of rotatable bonds is 3. The molecule has 1 N–H and O–H groups in total. The summed E-state index contributed by atoms with van der Waals surface area (Å²) in [6.07, 6.45) is 1.34. The Hall–Kier alpha value is -1.84. The minimum atomic E-state index is -0.110. The topological polar surface area (TPSA) is 50.7 Å². The normalized spacial score (nSPS) is 10.1. The molecule has 74 valence electrons. The minimum absolute atomic E-state index is 0.110. The Morgan fingerprint density at radius 3 is 2.57 bits per heavy atom. The van der Waals surface area contributed by atoms with E-state index in [4.69, 9.17) is 4.74 Å². The molecule has 0 aliphatic heterocycles. The molecule has 0 bridgehead atoms. The van der Waals surface area contributed by atoms with Crippen LogP contribution in [-0.2, 0) is 0 Å². The van der Waals surface area contributed by atoms with Gasteiger partial charge < -0.3 is 10.1 Å². The fourth-order valence-electron chi connectivity index (χ4n) is 0.943. The largest absolute Gasteiger partial charge is 0.446 e. The van der Waals surface area contributed by atoms with Crippen molar-refractivity contribution in [1.29, 1.82) is 0 Å². The summed E-state index contributed by atoms with van der Waals surface area (Å²) in [5.41, 5.74) is 0.605. The molecule has 0 spiro atoms. The molecule has 1 amide bonds. The Morgan fingerprint density at radius 2 is 2.07 bits per heavy atom. The number of nitrogens with one attached hydrogen (secondary N) is 1. The first kappa shape index (κ1) is 10.2. The maximum absolute atomic E-state index is 11.2. The number of carbonyl (C=O) groups is 1. The molecular weight excluding hydrogens is 180 g/mol. The highest BCUT2D eigenvalue weighted by Crippen LogP contribution is 2.11. The van der Waals surface area contributed by atoms with E-state index in [0.29, 0.717) is 11.3 Å². The average Bonchev–Trinajstić information content (AvgIpc) is 2.26. The van der Waals surface area contributed by atoms with Crippen molar-refractivity contribution in [3.8, 4) is 5.75 Å². The van der Waals surface area contributed by atoms with Gasteiger partial charge in [-0.2, -0.15) is 0 Å². The fourth-order valence-corrected chi connectivity index (χ4v) is 0.943. The van der Waals surface area contributed by atoms with Crippen LogP contribution in [0.4, 0.5) is 0 Å². The van der Waals surface area contributed by atoms with Crippen molar-refractivity contribution in [2.24, 2.45) is 4.99 Å². The first-order valence-corrected chi connectivity index (χ1v) is 4.17. The van der Waals surface area contributed by atoms with Gasteiger partial charge >= 0.3 is 0 Å². The minimum Gasteiger partial charge on any atom is -0.446 e. The quantitative estimate of drug-likeness (QED) is 0.575. The van der Waals surface area contributed by atoms with E-state index in [2.05, 4.69) is 10.3 Å². The lowest BCUT2D eigenvalue weighted by molar-refractivity contribution is 0.0963. The van der Waals surface area contributed by atoms with E-state index in [1.807, 2.05) is 0 Å². The predicted octanol–water partition coefficient (Wildman–Crippen LogP) is 1.08. The maximum Gasteiger partial charge on any atom is 0.251 e. The monoisotopic (exact) mass is 192 g/mol. The second-order valence-electron chi connectivity index (χ2n) is 2.58. The van der Waals surface area contributed by atoms with Crippen molar-refractivity contribution >= 4 is 12.3 Å². The molecular formula is C10H12N2O2. The van der Waals surface area contributed by atoms with Gasteiger partial charge in [-0.05, 0) is 24.3 Å². The Bertz CT molecular complexity index is 330. The summed E-state index contributed by atoms with van der Waals surface area (Å²) in [6.45, 7) is 0. The van der Waals surface area contributed by atoms with Gasteiger partial charge in [0.25, 0.3) is 5.91 Å². The molecule has 0 unspecified atom stereocenters. The lowest BCUT2D eigenvalue weighted by atomic mass is 10.2. The lowest BCUT2D eigenvalue weighted by Crippen LogP contribution is -2.17. The molecule has 0 atom stereocenters. The fraction of sp³-hybridized carbons (Fsp3) is 0.200. The van der Waals surface area contributed by atoms with E-state index in [1.165, 1.54) is 6.40 Å². The summed E-state index contributed by atoms with van der Waals surface area (Å²) < 4.78 is 5.10. The first-order valence-electron chi connectivity index (χ1n) is 4.17. The highest BCUT2D eigenvalue weighted by molar-refractivity contribution is 5.94. The van der Waals surface area contributed by atoms with Gasteiger partial charge in [0, 0.05) is 19.7 Å². The number of benzene rings is 1. The molecule has 4 heteroatoms. The summed E-state index contributed by atoms with van der Waals surface area (Å²) >= 11 is 0. The second kappa shape index (κ2) is 5.01. The average molecular weight is 192 g/mol. The third-order valence-corrected chi connectivity index (χ3v) is 1.64. The van der Waals surface area contributed by atoms with Crippen LogP contribution in [0.1, 0.15) is 10.4 Å². The molecule has 0 aliphatic rings. The molecule has 0 saturated carbocycles. The highest BCUT2D eigenvalue weighted by atomic mass is 16.5. The van der Waals surface area contributed by atoms with Crippen LogP contribution in [0.25, 0.3) is 0 Å². The summed E-state index contributed by atoms with van der Waals surface area (Å²) in [6, 6.07) is 6.81. The van der Waals surface area contributed by atoms with Gasteiger partial charge in [-0.1, -0.05) is 0 Å². The van der Waals surface area contributed by atoms with Crippen molar-refractivity contribution < 1.29 is 9.53 Å². The van der Waals surface area contributed by atoms with Crippen LogP contribution in [0.2, 0.25) is 0 Å². The molecule has 14 heavy (non-hydrogen) atoms. The third kappa shape index (κ3) is 2.58. The molecule has 0 aromatic heterocycles. The standard InChI is InChI=1S/C10H12N2O2/c1-11-7-14-9-5-3-8(4-6-9)10(13)12-2/h3-7H,1-2H3,(H,12,13)/b11-7+. The van der Waals surface area contributed by atoms with Crippen LogP contribution in [0, 0.1) is 0 Å². The van der Waals surface area contributed by atoms with Gasteiger partial charge in [0.05, 0.1) is 0 Å². The van der Waals surface area contributed by atoms with E-state index >= 15 is 0 Å². The number of amides is 1. The molecule has 0 aliphatic carbocycles. The van der Waals surface area contributed by atoms with Crippen LogP contribution in [-0.4, -0.2) is 26.4 Å². The zero-order chi connectivity index (χ0) is 10.4. The highest BCUT2D eigenvalue weighted by Gasteiger charge is 2.01. The number of carbonyl (C=O) groups excluding carboxylic acids is 1.